The molecule has 2 rings (SSSR count). The average Bonchev–Trinajstić information content (AvgIpc) is 2.62. The normalized spacial score (nSPS) is 10.4. The van der Waals surface area contributed by atoms with Gasteiger partial charge in [0.2, 0.25) is 0 Å². The zero-order valence-electron chi connectivity index (χ0n) is 8.11. The van der Waals surface area contributed by atoms with E-state index in [2.05, 4.69) is 10.2 Å². The summed E-state index contributed by atoms with van der Waals surface area (Å²) in [5.41, 5.74) is 1.56. The third-order valence-electron chi connectivity index (χ3n) is 2.10. The number of rotatable bonds is 1. The van der Waals surface area contributed by atoms with E-state index in [0.717, 1.165) is 10.9 Å². The molecule has 2 aromatic rings. The summed E-state index contributed by atoms with van der Waals surface area (Å²) in [6.45, 7) is 0. The van der Waals surface area contributed by atoms with Crippen LogP contribution in [0.3, 0.4) is 0 Å². The van der Waals surface area contributed by atoms with Gasteiger partial charge in [-0.1, -0.05) is 6.07 Å². The summed E-state index contributed by atoms with van der Waals surface area (Å²) in [6, 6.07) is 5.50. The zero-order chi connectivity index (χ0) is 10.1. The second-order valence-corrected chi connectivity index (χ2v) is 3.37. The van der Waals surface area contributed by atoms with Crippen LogP contribution in [0.5, 0.6) is 0 Å². The molecule has 0 aliphatic carbocycles. The van der Waals surface area contributed by atoms with Crippen LogP contribution in [0.25, 0.3) is 10.9 Å². The molecule has 1 N–H and O–H groups in total. The molecular formula is C10H11N3O. The van der Waals surface area contributed by atoms with Gasteiger partial charge in [0, 0.05) is 25.0 Å². The van der Waals surface area contributed by atoms with E-state index < -0.39 is 0 Å². The Morgan fingerprint density at radius 2 is 2.21 bits per heavy atom. The molecule has 0 radical (unpaired) electrons. The molecule has 14 heavy (non-hydrogen) atoms. The van der Waals surface area contributed by atoms with E-state index in [1.165, 1.54) is 0 Å². The Morgan fingerprint density at radius 3 is 2.93 bits per heavy atom. The molecule has 0 saturated heterocycles. The van der Waals surface area contributed by atoms with E-state index in [1.807, 2.05) is 12.1 Å². The van der Waals surface area contributed by atoms with E-state index in [1.54, 1.807) is 31.3 Å². The second kappa shape index (κ2) is 3.14. The Balaban J connectivity index is 2.48. The number of carbonyl (C=O) groups is 1. The highest BCUT2D eigenvalue weighted by molar-refractivity contribution is 5.97. The second-order valence-electron chi connectivity index (χ2n) is 3.37. The first kappa shape index (κ1) is 8.74. The summed E-state index contributed by atoms with van der Waals surface area (Å²) < 4.78 is 0. The van der Waals surface area contributed by atoms with Gasteiger partial charge < -0.3 is 4.90 Å². The quantitative estimate of drug-likeness (QED) is 0.734. The molecule has 4 heteroatoms. The molecule has 72 valence electrons. The van der Waals surface area contributed by atoms with Crippen LogP contribution in [0, 0.1) is 0 Å². The van der Waals surface area contributed by atoms with E-state index >= 15 is 0 Å². The van der Waals surface area contributed by atoms with Gasteiger partial charge >= 0.3 is 0 Å². The van der Waals surface area contributed by atoms with Gasteiger partial charge in [-0.05, 0) is 12.1 Å². The van der Waals surface area contributed by atoms with Crippen molar-refractivity contribution in [1.82, 2.24) is 15.1 Å². The van der Waals surface area contributed by atoms with Crippen molar-refractivity contribution in [3.63, 3.8) is 0 Å². The number of carbonyl (C=O) groups excluding carboxylic acids is 1. The van der Waals surface area contributed by atoms with Crippen molar-refractivity contribution < 1.29 is 4.79 Å². The number of hydrogen-bond acceptors (Lipinski definition) is 2. The molecule has 0 aliphatic rings. The van der Waals surface area contributed by atoms with E-state index in [0.29, 0.717) is 5.56 Å². The third-order valence-corrected chi connectivity index (χ3v) is 2.10. The molecule has 4 nitrogen and oxygen atoms in total. The Labute approximate surface area is 81.5 Å². The smallest absolute Gasteiger partial charge is 0.253 e. The van der Waals surface area contributed by atoms with Crippen molar-refractivity contribution in [2.75, 3.05) is 14.1 Å². The molecule has 0 bridgehead atoms. The highest BCUT2D eigenvalue weighted by atomic mass is 16.2. The van der Waals surface area contributed by atoms with E-state index in [4.69, 9.17) is 0 Å². The highest BCUT2D eigenvalue weighted by Crippen LogP contribution is 2.13. The number of hydrogen-bond donors (Lipinski definition) is 1. The van der Waals surface area contributed by atoms with Crippen molar-refractivity contribution >= 4 is 16.8 Å². The minimum atomic E-state index is 0.00139. The highest BCUT2D eigenvalue weighted by Gasteiger charge is 2.08. The maximum Gasteiger partial charge on any atom is 0.253 e. The third kappa shape index (κ3) is 1.35. The minimum Gasteiger partial charge on any atom is -0.345 e. The van der Waals surface area contributed by atoms with E-state index in [9.17, 15) is 4.79 Å². The molecule has 0 saturated carbocycles. The van der Waals surface area contributed by atoms with Crippen LogP contribution in [0.1, 0.15) is 10.4 Å². The first-order valence-electron chi connectivity index (χ1n) is 4.33. The molecule has 0 aliphatic heterocycles. The Morgan fingerprint density at radius 1 is 1.43 bits per heavy atom. The summed E-state index contributed by atoms with van der Waals surface area (Å²) in [7, 11) is 3.47. The maximum atomic E-state index is 11.6. The van der Waals surface area contributed by atoms with Crippen LogP contribution in [-0.4, -0.2) is 35.1 Å². The molecule has 1 aromatic heterocycles. The first-order valence-corrected chi connectivity index (χ1v) is 4.33. The van der Waals surface area contributed by atoms with Gasteiger partial charge in [-0.25, -0.2) is 0 Å². The molecular weight excluding hydrogens is 178 g/mol. The molecule has 0 spiro atoms. The average molecular weight is 189 g/mol. The Bertz CT molecular complexity index is 473. The Kier molecular flexibility index (Phi) is 1.96. The number of benzene rings is 1. The van der Waals surface area contributed by atoms with Crippen molar-refractivity contribution in [3.8, 4) is 0 Å². The lowest BCUT2D eigenvalue weighted by molar-refractivity contribution is 0.0828. The van der Waals surface area contributed by atoms with Gasteiger partial charge in [0.25, 0.3) is 5.91 Å². The standard InChI is InChI=1S/C10H11N3O/c1-13(2)10(14)7-3-4-8-6-11-12-9(8)5-7/h3-6H,1-2H3,(H,11,12). The summed E-state index contributed by atoms with van der Waals surface area (Å²) in [5.74, 6) is 0.00139. The van der Waals surface area contributed by atoms with Gasteiger partial charge in [-0.15, -0.1) is 0 Å². The minimum absolute atomic E-state index is 0.00139. The number of aromatic nitrogens is 2. The largest absolute Gasteiger partial charge is 0.345 e. The number of aromatic amines is 1. The molecule has 1 amide bonds. The van der Waals surface area contributed by atoms with Crippen LogP contribution in [0.2, 0.25) is 0 Å². The lowest BCUT2D eigenvalue weighted by Crippen LogP contribution is -2.21. The van der Waals surface area contributed by atoms with Gasteiger partial charge in [-0.3, -0.25) is 9.89 Å². The van der Waals surface area contributed by atoms with Crippen LogP contribution >= 0.6 is 0 Å². The predicted molar refractivity (Wildman–Crippen MR) is 54.1 cm³/mol. The fourth-order valence-corrected chi connectivity index (χ4v) is 1.33. The van der Waals surface area contributed by atoms with Crippen molar-refractivity contribution in [3.05, 3.63) is 30.0 Å². The van der Waals surface area contributed by atoms with Gasteiger partial charge in [0.15, 0.2) is 0 Å². The molecule has 0 unspecified atom stereocenters. The summed E-state index contributed by atoms with van der Waals surface area (Å²) in [5, 5.41) is 7.74. The fraction of sp³-hybridized carbons (Fsp3) is 0.200. The SMILES string of the molecule is CN(C)C(=O)c1ccc2cn[nH]c2c1. The predicted octanol–water partition coefficient (Wildman–Crippen LogP) is 1.26. The van der Waals surface area contributed by atoms with Crippen molar-refractivity contribution in [2.45, 2.75) is 0 Å². The van der Waals surface area contributed by atoms with Crippen LogP contribution in [0.4, 0.5) is 0 Å². The number of amides is 1. The van der Waals surface area contributed by atoms with E-state index in [-0.39, 0.29) is 5.91 Å². The number of nitrogens with zero attached hydrogens (tertiary/aromatic N) is 2. The lowest BCUT2D eigenvalue weighted by Gasteiger charge is -2.09. The fourth-order valence-electron chi connectivity index (χ4n) is 1.33. The zero-order valence-corrected chi connectivity index (χ0v) is 8.11. The lowest BCUT2D eigenvalue weighted by atomic mass is 10.1. The summed E-state index contributed by atoms with van der Waals surface area (Å²) in [6.07, 6.45) is 1.74. The van der Waals surface area contributed by atoms with Crippen LogP contribution < -0.4 is 0 Å². The number of fused-ring (bicyclic) bond motifs is 1. The van der Waals surface area contributed by atoms with Crippen molar-refractivity contribution in [1.29, 1.82) is 0 Å². The summed E-state index contributed by atoms with van der Waals surface area (Å²) >= 11 is 0. The van der Waals surface area contributed by atoms with Crippen LogP contribution in [0.15, 0.2) is 24.4 Å². The molecule has 0 atom stereocenters. The number of H-pyrrole nitrogens is 1. The van der Waals surface area contributed by atoms with Gasteiger partial charge in [0.1, 0.15) is 0 Å². The van der Waals surface area contributed by atoms with Crippen LogP contribution in [-0.2, 0) is 0 Å². The monoisotopic (exact) mass is 189 g/mol. The summed E-state index contributed by atoms with van der Waals surface area (Å²) in [4.78, 5) is 13.2. The maximum absolute atomic E-state index is 11.6. The first-order chi connectivity index (χ1) is 6.68. The topological polar surface area (TPSA) is 49.0 Å². The number of nitrogens with one attached hydrogen (secondary N) is 1. The molecule has 0 fully saturated rings. The molecule has 1 aromatic carbocycles. The van der Waals surface area contributed by atoms with Crippen molar-refractivity contribution in [2.24, 2.45) is 0 Å². The van der Waals surface area contributed by atoms with Gasteiger partial charge in [0.05, 0.1) is 11.7 Å². The molecule has 1 heterocycles. The van der Waals surface area contributed by atoms with Gasteiger partial charge in [-0.2, -0.15) is 5.10 Å². The Hall–Kier alpha value is -1.84.